The molecule has 2 N–H and O–H groups in total. The number of hydrogen-bond donors (Lipinski definition) is 2. The van der Waals surface area contributed by atoms with Crippen LogP contribution in [0.4, 0.5) is 15.6 Å². The zero-order valence-electron chi connectivity index (χ0n) is 13.4. The Morgan fingerprint density at radius 1 is 1.13 bits per heavy atom. The van der Waals surface area contributed by atoms with Crippen LogP contribution in [-0.4, -0.2) is 11.0 Å². The number of thiazole rings is 1. The fourth-order valence-corrected chi connectivity index (χ4v) is 3.33. The number of hydrogen-bond acceptors (Lipinski definition) is 3. The Morgan fingerprint density at radius 2 is 1.96 bits per heavy atom. The van der Waals surface area contributed by atoms with Gasteiger partial charge in [0.2, 0.25) is 0 Å². The van der Waals surface area contributed by atoms with Crippen molar-refractivity contribution in [3.63, 3.8) is 0 Å². The monoisotopic (exact) mass is 325 g/mol. The minimum atomic E-state index is -0.273. The van der Waals surface area contributed by atoms with Crippen molar-refractivity contribution < 1.29 is 4.79 Å². The molecule has 1 aromatic heterocycles. The topological polar surface area (TPSA) is 54.0 Å². The maximum atomic E-state index is 12.2. The number of carbonyl (C=O) groups excluding carboxylic acids is 1. The van der Waals surface area contributed by atoms with Gasteiger partial charge < -0.3 is 5.32 Å². The van der Waals surface area contributed by atoms with E-state index in [-0.39, 0.29) is 6.03 Å². The summed E-state index contributed by atoms with van der Waals surface area (Å²) in [7, 11) is 0. The molecule has 23 heavy (non-hydrogen) atoms. The third-order valence-corrected chi connectivity index (χ3v) is 4.80. The smallest absolute Gasteiger partial charge is 0.308 e. The fourth-order valence-electron chi connectivity index (χ4n) is 2.42. The zero-order chi connectivity index (χ0) is 16.4. The Hall–Kier alpha value is -2.40. The molecule has 0 aliphatic carbocycles. The van der Waals surface area contributed by atoms with Crippen LogP contribution >= 0.6 is 11.3 Å². The van der Waals surface area contributed by atoms with Gasteiger partial charge in [0.05, 0.1) is 10.2 Å². The number of urea groups is 1. The van der Waals surface area contributed by atoms with Crippen LogP contribution in [-0.2, 0) is 6.42 Å². The summed E-state index contributed by atoms with van der Waals surface area (Å²) in [5.74, 6) is 0. The van der Waals surface area contributed by atoms with Crippen LogP contribution in [0.2, 0.25) is 0 Å². The summed E-state index contributed by atoms with van der Waals surface area (Å²) < 4.78 is 1.09. The van der Waals surface area contributed by atoms with Gasteiger partial charge in [0.1, 0.15) is 0 Å². The molecule has 0 fully saturated rings. The molecule has 2 amide bonds. The van der Waals surface area contributed by atoms with E-state index in [9.17, 15) is 4.79 Å². The van der Waals surface area contributed by atoms with E-state index in [0.29, 0.717) is 5.13 Å². The molecule has 0 spiro atoms. The van der Waals surface area contributed by atoms with Crippen molar-refractivity contribution in [3.8, 4) is 0 Å². The summed E-state index contributed by atoms with van der Waals surface area (Å²) in [6, 6.07) is 11.7. The minimum Gasteiger partial charge on any atom is -0.308 e. The number of carbonyl (C=O) groups is 1. The summed E-state index contributed by atoms with van der Waals surface area (Å²) >= 11 is 1.49. The van der Waals surface area contributed by atoms with Gasteiger partial charge in [-0.05, 0) is 55.2 Å². The maximum absolute atomic E-state index is 12.2. The molecule has 3 rings (SSSR count). The molecular weight excluding hydrogens is 306 g/mol. The molecule has 1 heterocycles. The van der Waals surface area contributed by atoms with E-state index < -0.39 is 0 Å². The van der Waals surface area contributed by atoms with Crippen LogP contribution in [0.25, 0.3) is 10.2 Å². The van der Waals surface area contributed by atoms with Gasteiger partial charge in [0, 0.05) is 5.69 Å². The Bertz CT molecular complexity index is 870. The second-order valence-corrected chi connectivity index (χ2v) is 6.55. The first-order chi connectivity index (χ1) is 11.1. The van der Waals surface area contributed by atoms with Gasteiger partial charge in [-0.3, -0.25) is 5.32 Å². The lowest BCUT2D eigenvalue weighted by Crippen LogP contribution is -2.19. The Kier molecular flexibility index (Phi) is 4.30. The van der Waals surface area contributed by atoms with Crippen LogP contribution in [0.3, 0.4) is 0 Å². The number of amides is 2. The average molecular weight is 325 g/mol. The van der Waals surface area contributed by atoms with Crippen LogP contribution in [0.1, 0.15) is 23.6 Å². The highest BCUT2D eigenvalue weighted by atomic mass is 32.1. The van der Waals surface area contributed by atoms with E-state index in [2.05, 4.69) is 28.6 Å². The molecule has 0 aliphatic rings. The molecule has 0 saturated heterocycles. The molecular formula is C18H19N3OS. The Labute approximate surface area is 139 Å². The number of aryl methyl sites for hydroxylation is 3. The maximum Gasteiger partial charge on any atom is 0.325 e. The van der Waals surface area contributed by atoms with Crippen molar-refractivity contribution in [1.29, 1.82) is 0 Å². The first-order valence-corrected chi connectivity index (χ1v) is 8.42. The summed E-state index contributed by atoms with van der Waals surface area (Å²) in [5, 5.41) is 6.28. The highest BCUT2D eigenvalue weighted by Crippen LogP contribution is 2.28. The lowest BCUT2D eigenvalue weighted by Gasteiger charge is -2.07. The fraction of sp³-hybridized carbons (Fsp3) is 0.222. The molecule has 0 bridgehead atoms. The zero-order valence-corrected chi connectivity index (χ0v) is 14.3. The second-order valence-electron chi connectivity index (χ2n) is 5.51. The van der Waals surface area contributed by atoms with Gasteiger partial charge in [-0.15, -0.1) is 0 Å². The van der Waals surface area contributed by atoms with Crippen molar-refractivity contribution >= 4 is 38.4 Å². The second kappa shape index (κ2) is 6.38. The first kappa shape index (κ1) is 15.5. The highest BCUT2D eigenvalue weighted by molar-refractivity contribution is 7.22. The molecule has 3 aromatic rings. The third-order valence-electron chi connectivity index (χ3n) is 3.87. The standard InChI is InChI=1S/C18H19N3OS/c1-4-13-6-5-7-15-16(13)20-18(23-15)21-17(22)19-14-9-8-11(2)12(3)10-14/h5-10H,4H2,1-3H3,(H2,19,20,21,22). The average Bonchev–Trinajstić information content (AvgIpc) is 2.92. The Morgan fingerprint density at radius 3 is 2.70 bits per heavy atom. The first-order valence-electron chi connectivity index (χ1n) is 7.60. The van der Waals surface area contributed by atoms with E-state index in [1.807, 2.05) is 44.2 Å². The summed E-state index contributed by atoms with van der Waals surface area (Å²) in [5.41, 5.74) is 5.30. The lowest BCUT2D eigenvalue weighted by atomic mass is 10.1. The third kappa shape index (κ3) is 3.35. The predicted molar refractivity (Wildman–Crippen MR) is 97.6 cm³/mol. The quantitative estimate of drug-likeness (QED) is 0.702. The minimum absolute atomic E-state index is 0.273. The number of nitrogens with one attached hydrogen (secondary N) is 2. The molecule has 0 aliphatic heterocycles. The van der Waals surface area contributed by atoms with Crippen LogP contribution < -0.4 is 10.6 Å². The van der Waals surface area contributed by atoms with Crippen LogP contribution in [0, 0.1) is 13.8 Å². The van der Waals surface area contributed by atoms with Crippen molar-refractivity contribution in [2.24, 2.45) is 0 Å². The molecule has 4 nitrogen and oxygen atoms in total. The van der Waals surface area contributed by atoms with E-state index in [1.165, 1.54) is 22.5 Å². The number of fused-ring (bicyclic) bond motifs is 1. The molecule has 0 unspecified atom stereocenters. The van der Waals surface area contributed by atoms with Crippen molar-refractivity contribution in [2.75, 3.05) is 10.6 Å². The lowest BCUT2D eigenvalue weighted by molar-refractivity contribution is 0.262. The summed E-state index contributed by atoms with van der Waals surface area (Å²) in [4.78, 5) is 16.7. The molecule has 0 atom stereocenters. The van der Waals surface area contributed by atoms with Crippen molar-refractivity contribution in [3.05, 3.63) is 53.1 Å². The van der Waals surface area contributed by atoms with Crippen LogP contribution in [0.15, 0.2) is 36.4 Å². The molecule has 118 valence electrons. The van der Waals surface area contributed by atoms with Gasteiger partial charge in [-0.2, -0.15) is 0 Å². The molecule has 0 radical (unpaired) electrons. The molecule has 2 aromatic carbocycles. The summed E-state index contributed by atoms with van der Waals surface area (Å²) in [6.45, 7) is 6.18. The van der Waals surface area contributed by atoms with Gasteiger partial charge in [0.25, 0.3) is 0 Å². The highest BCUT2D eigenvalue weighted by Gasteiger charge is 2.10. The number of aromatic nitrogens is 1. The van der Waals surface area contributed by atoms with Crippen molar-refractivity contribution in [1.82, 2.24) is 4.98 Å². The van der Waals surface area contributed by atoms with E-state index in [4.69, 9.17) is 0 Å². The number of nitrogens with zero attached hydrogens (tertiary/aromatic N) is 1. The van der Waals surface area contributed by atoms with Gasteiger partial charge in [-0.25, -0.2) is 9.78 Å². The number of rotatable bonds is 3. The molecule has 0 saturated carbocycles. The van der Waals surface area contributed by atoms with E-state index in [0.717, 1.165) is 27.9 Å². The van der Waals surface area contributed by atoms with Crippen molar-refractivity contribution in [2.45, 2.75) is 27.2 Å². The van der Waals surface area contributed by atoms with E-state index >= 15 is 0 Å². The van der Waals surface area contributed by atoms with E-state index in [1.54, 1.807) is 0 Å². The largest absolute Gasteiger partial charge is 0.325 e. The molecule has 5 heteroatoms. The summed E-state index contributed by atoms with van der Waals surface area (Å²) in [6.07, 6.45) is 0.926. The Balaban J connectivity index is 1.76. The number of benzene rings is 2. The van der Waals surface area contributed by atoms with Gasteiger partial charge in [0.15, 0.2) is 5.13 Å². The SMILES string of the molecule is CCc1cccc2sc(NC(=O)Nc3ccc(C)c(C)c3)nc12. The number of para-hydroxylation sites is 1. The van der Waals surface area contributed by atoms with Gasteiger partial charge >= 0.3 is 6.03 Å². The number of anilines is 2. The normalized spacial score (nSPS) is 10.7. The predicted octanol–water partition coefficient (Wildman–Crippen LogP) is 5.12. The van der Waals surface area contributed by atoms with Crippen LogP contribution in [0.5, 0.6) is 0 Å². The van der Waals surface area contributed by atoms with Gasteiger partial charge in [-0.1, -0.05) is 36.5 Å².